The summed E-state index contributed by atoms with van der Waals surface area (Å²) in [4.78, 5) is 24.7. The SMILES string of the molecule is O=C(CNc1ccc(C(=O)NC2CCCCC2)cc1)Nc1ccc(OCc2ccccc2)cc1. The molecule has 0 heterocycles. The van der Waals surface area contributed by atoms with Crippen molar-refractivity contribution in [2.75, 3.05) is 17.2 Å². The number of carbonyl (C=O) groups is 2. The van der Waals surface area contributed by atoms with Crippen molar-refractivity contribution in [2.45, 2.75) is 44.8 Å². The summed E-state index contributed by atoms with van der Waals surface area (Å²) < 4.78 is 5.77. The van der Waals surface area contributed by atoms with Crippen molar-refractivity contribution in [3.05, 3.63) is 90.0 Å². The number of hydrogen-bond donors (Lipinski definition) is 3. The predicted octanol–water partition coefficient (Wildman–Crippen LogP) is 5.38. The Morgan fingerprint density at radius 1 is 0.794 bits per heavy atom. The summed E-state index contributed by atoms with van der Waals surface area (Å²) in [6.45, 7) is 0.622. The molecule has 0 unspecified atom stereocenters. The molecule has 0 spiro atoms. The molecule has 34 heavy (non-hydrogen) atoms. The van der Waals surface area contributed by atoms with Crippen LogP contribution in [0.1, 0.15) is 48.0 Å². The first-order valence-corrected chi connectivity index (χ1v) is 11.9. The number of ether oxygens (including phenoxy) is 1. The fourth-order valence-electron chi connectivity index (χ4n) is 4.02. The van der Waals surface area contributed by atoms with E-state index >= 15 is 0 Å². The van der Waals surface area contributed by atoms with Gasteiger partial charge in [0.05, 0.1) is 6.54 Å². The highest BCUT2D eigenvalue weighted by atomic mass is 16.5. The van der Waals surface area contributed by atoms with Crippen LogP contribution in [0.3, 0.4) is 0 Å². The van der Waals surface area contributed by atoms with Crippen molar-refractivity contribution in [2.24, 2.45) is 0 Å². The van der Waals surface area contributed by atoms with Gasteiger partial charge >= 0.3 is 0 Å². The van der Waals surface area contributed by atoms with Gasteiger partial charge in [-0.1, -0.05) is 49.6 Å². The van der Waals surface area contributed by atoms with Crippen molar-refractivity contribution in [3.8, 4) is 5.75 Å². The Morgan fingerprint density at radius 3 is 2.18 bits per heavy atom. The number of hydrogen-bond acceptors (Lipinski definition) is 4. The van der Waals surface area contributed by atoms with E-state index < -0.39 is 0 Å². The van der Waals surface area contributed by atoms with Crippen LogP contribution in [0.25, 0.3) is 0 Å². The number of rotatable bonds is 9. The van der Waals surface area contributed by atoms with Crippen LogP contribution in [-0.2, 0) is 11.4 Å². The first-order valence-electron chi connectivity index (χ1n) is 11.9. The summed E-state index contributed by atoms with van der Waals surface area (Å²) in [5, 5.41) is 9.08. The zero-order valence-electron chi connectivity index (χ0n) is 19.3. The molecule has 3 aromatic carbocycles. The van der Waals surface area contributed by atoms with Crippen molar-refractivity contribution in [3.63, 3.8) is 0 Å². The molecule has 0 aliphatic heterocycles. The first kappa shape index (κ1) is 23.4. The molecule has 2 amide bonds. The summed E-state index contributed by atoms with van der Waals surface area (Å²) in [6, 6.07) is 24.8. The van der Waals surface area contributed by atoms with Gasteiger partial charge in [-0.2, -0.15) is 0 Å². The summed E-state index contributed by atoms with van der Waals surface area (Å²) in [6.07, 6.45) is 5.74. The molecule has 1 aliphatic carbocycles. The molecule has 0 radical (unpaired) electrons. The van der Waals surface area contributed by atoms with E-state index in [1.807, 2.05) is 66.7 Å². The molecule has 0 bridgehead atoms. The minimum absolute atomic E-state index is 0.0348. The largest absolute Gasteiger partial charge is 0.489 e. The third-order valence-electron chi connectivity index (χ3n) is 5.93. The second-order valence-corrected chi connectivity index (χ2v) is 8.59. The Balaban J connectivity index is 1.19. The lowest BCUT2D eigenvalue weighted by Gasteiger charge is -2.22. The third kappa shape index (κ3) is 7.10. The third-order valence-corrected chi connectivity index (χ3v) is 5.93. The lowest BCUT2D eigenvalue weighted by molar-refractivity contribution is -0.114. The van der Waals surface area contributed by atoms with Gasteiger partial charge in [-0.15, -0.1) is 0 Å². The van der Waals surface area contributed by atoms with Gasteiger partial charge in [-0.25, -0.2) is 0 Å². The molecular formula is C28H31N3O3. The van der Waals surface area contributed by atoms with E-state index in [0.717, 1.165) is 29.8 Å². The molecule has 1 fully saturated rings. The van der Waals surface area contributed by atoms with Gasteiger partial charge in [-0.3, -0.25) is 9.59 Å². The molecule has 6 nitrogen and oxygen atoms in total. The molecule has 0 saturated heterocycles. The van der Waals surface area contributed by atoms with Crippen LogP contribution in [0.15, 0.2) is 78.9 Å². The van der Waals surface area contributed by atoms with E-state index in [0.29, 0.717) is 17.9 Å². The summed E-state index contributed by atoms with van der Waals surface area (Å²) >= 11 is 0. The van der Waals surface area contributed by atoms with Crippen LogP contribution in [0.4, 0.5) is 11.4 Å². The monoisotopic (exact) mass is 457 g/mol. The fraction of sp³-hybridized carbons (Fsp3) is 0.286. The van der Waals surface area contributed by atoms with Gasteiger partial charge in [0.2, 0.25) is 5.91 Å². The van der Waals surface area contributed by atoms with E-state index in [1.165, 1.54) is 19.3 Å². The van der Waals surface area contributed by atoms with Gasteiger partial charge in [0.1, 0.15) is 12.4 Å². The molecule has 176 valence electrons. The van der Waals surface area contributed by atoms with Gasteiger partial charge in [-0.05, 0) is 66.9 Å². The standard InChI is InChI=1S/C28H31N3O3/c32-27(30-25-15-17-26(18-16-25)34-20-21-7-3-1-4-8-21)19-29-23-13-11-22(12-14-23)28(33)31-24-9-5-2-6-10-24/h1,3-4,7-8,11-18,24,29H,2,5-6,9-10,19-20H2,(H,30,32)(H,31,33). The lowest BCUT2D eigenvalue weighted by atomic mass is 9.95. The Hall–Kier alpha value is -3.80. The molecule has 4 rings (SSSR count). The molecule has 1 aliphatic rings. The summed E-state index contributed by atoms with van der Waals surface area (Å²) in [7, 11) is 0. The maximum Gasteiger partial charge on any atom is 0.251 e. The van der Waals surface area contributed by atoms with E-state index in [2.05, 4.69) is 16.0 Å². The minimum atomic E-state index is -0.155. The van der Waals surface area contributed by atoms with Crippen molar-refractivity contribution in [1.29, 1.82) is 0 Å². The molecule has 0 aromatic heterocycles. The van der Waals surface area contributed by atoms with Crippen LogP contribution in [0, 0.1) is 0 Å². The second-order valence-electron chi connectivity index (χ2n) is 8.59. The van der Waals surface area contributed by atoms with Crippen LogP contribution < -0.4 is 20.7 Å². The maximum absolute atomic E-state index is 12.4. The van der Waals surface area contributed by atoms with E-state index in [9.17, 15) is 9.59 Å². The zero-order valence-corrected chi connectivity index (χ0v) is 19.3. The predicted molar refractivity (Wildman–Crippen MR) is 135 cm³/mol. The van der Waals surface area contributed by atoms with Crippen LogP contribution in [0.5, 0.6) is 5.75 Å². The molecular weight excluding hydrogens is 426 g/mol. The number of nitrogens with one attached hydrogen (secondary N) is 3. The zero-order chi connectivity index (χ0) is 23.6. The smallest absolute Gasteiger partial charge is 0.251 e. The lowest BCUT2D eigenvalue weighted by Crippen LogP contribution is -2.36. The maximum atomic E-state index is 12.4. The Kier molecular flexibility index (Phi) is 8.17. The minimum Gasteiger partial charge on any atom is -0.489 e. The van der Waals surface area contributed by atoms with E-state index in [1.54, 1.807) is 12.1 Å². The van der Waals surface area contributed by atoms with E-state index in [4.69, 9.17) is 4.74 Å². The van der Waals surface area contributed by atoms with Crippen LogP contribution in [-0.4, -0.2) is 24.4 Å². The number of benzene rings is 3. The first-order chi connectivity index (χ1) is 16.7. The van der Waals surface area contributed by atoms with Crippen molar-refractivity contribution < 1.29 is 14.3 Å². The Bertz CT molecular complexity index is 1060. The molecule has 6 heteroatoms. The molecule has 1 saturated carbocycles. The van der Waals surface area contributed by atoms with Crippen LogP contribution >= 0.6 is 0 Å². The van der Waals surface area contributed by atoms with Crippen molar-refractivity contribution in [1.82, 2.24) is 5.32 Å². The highest BCUT2D eigenvalue weighted by Crippen LogP contribution is 2.19. The molecule has 3 N–H and O–H groups in total. The Morgan fingerprint density at radius 2 is 1.47 bits per heavy atom. The average Bonchev–Trinajstić information content (AvgIpc) is 2.88. The molecule has 3 aromatic rings. The number of anilines is 2. The average molecular weight is 458 g/mol. The summed E-state index contributed by atoms with van der Waals surface area (Å²) in [5.41, 5.74) is 3.22. The topological polar surface area (TPSA) is 79.5 Å². The van der Waals surface area contributed by atoms with E-state index in [-0.39, 0.29) is 24.4 Å². The second kappa shape index (κ2) is 11.9. The molecule has 0 atom stereocenters. The fourth-order valence-corrected chi connectivity index (χ4v) is 4.02. The number of carbonyl (C=O) groups excluding carboxylic acids is 2. The van der Waals surface area contributed by atoms with Gasteiger partial charge in [0.25, 0.3) is 5.91 Å². The normalized spacial score (nSPS) is 13.6. The summed E-state index contributed by atoms with van der Waals surface area (Å²) in [5.74, 6) is 0.553. The quantitative estimate of drug-likeness (QED) is 0.403. The van der Waals surface area contributed by atoms with Crippen LogP contribution in [0.2, 0.25) is 0 Å². The highest BCUT2D eigenvalue weighted by Gasteiger charge is 2.16. The van der Waals surface area contributed by atoms with Gasteiger partial charge < -0.3 is 20.7 Å². The van der Waals surface area contributed by atoms with Gasteiger partial charge in [0.15, 0.2) is 0 Å². The van der Waals surface area contributed by atoms with Gasteiger partial charge in [0, 0.05) is 23.0 Å². The Labute approximate surface area is 200 Å². The number of amides is 2. The van der Waals surface area contributed by atoms with Crippen molar-refractivity contribution >= 4 is 23.2 Å². The highest BCUT2D eigenvalue weighted by molar-refractivity contribution is 5.95.